The van der Waals surface area contributed by atoms with E-state index in [0.29, 0.717) is 23.8 Å². The second kappa shape index (κ2) is 10.1. The van der Waals surface area contributed by atoms with Gasteiger partial charge in [0.1, 0.15) is 11.5 Å². The van der Waals surface area contributed by atoms with Gasteiger partial charge >= 0.3 is 0 Å². The molecule has 0 spiro atoms. The molecule has 1 aliphatic heterocycles. The summed E-state index contributed by atoms with van der Waals surface area (Å²) in [4.78, 5) is 30.0. The van der Waals surface area contributed by atoms with E-state index in [9.17, 15) is 4.79 Å². The molecule has 8 heteroatoms. The minimum Gasteiger partial charge on any atom is -0.368 e. The molecule has 4 aromatic rings. The Kier molecular flexibility index (Phi) is 6.34. The van der Waals surface area contributed by atoms with E-state index in [2.05, 4.69) is 43.7 Å². The normalized spacial score (nSPS) is 16.5. The van der Waals surface area contributed by atoms with Gasteiger partial charge in [0, 0.05) is 55.8 Å². The Morgan fingerprint density at radius 2 is 1.78 bits per heavy atom. The largest absolute Gasteiger partial charge is 0.368 e. The Balaban J connectivity index is 1.32. The summed E-state index contributed by atoms with van der Waals surface area (Å²) in [6.07, 6.45) is 8.60. The molecule has 1 saturated heterocycles. The highest BCUT2D eigenvalue weighted by Crippen LogP contribution is 2.31. The number of hydrogen-bond acceptors (Lipinski definition) is 7. The molecule has 6 rings (SSSR count). The lowest BCUT2D eigenvalue weighted by molar-refractivity contribution is 0.513. The number of pyridine rings is 2. The number of hydrogen-bond donors (Lipinski definition) is 2. The van der Waals surface area contributed by atoms with E-state index in [1.54, 1.807) is 0 Å². The Bertz CT molecular complexity index is 1390. The zero-order valence-corrected chi connectivity index (χ0v) is 20.4. The van der Waals surface area contributed by atoms with Crippen LogP contribution in [0.4, 0.5) is 17.5 Å². The van der Waals surface area contributed by atoms with Gasteiger partial charge in [-0.1, -0.05) is 43.2 Å². The maximum absolute atomic E-state index is 13.7. The maximum Gasteiger partial charge on any atom is 0.256 e. The fraction of sp³-hybridized carbons (Fsp3) is 0.357. The summed E-state index contributed by atoms with van der Waals surface area (Å²) in [5.41, 5.74) is 3.78. The summed E-state index contributed by atoms with van der Waals surface area (Å²) in [7, 11) is 0. The van der Waals surface area contributed by atoms with Crippen molar-refractivity contribution in [1.82, 2.24) is 24.8 Å². The van der Waals surface area contributed by atoms with Gasteiger partial charge in [-0.2, -0.15) is 4.98 Å². The van der Waals surface area contributed by atoms with Crippen LogP contribution < -0.4 is 21.1 Å². The third-order valence-corrected chi connectivity index (χ3v) is 7.24. The summed E-state index contributed by atoms with van der Waals surface area (Å²) in [6.45, 7) is 3.93. The number of nitrogens with one attached hydrogen (secondary N) is 2. The summed E-state index contributed by atoms with van der Waals surface area (Å²) in [6, 6.07) is 16.3. The van der Waals surface area contributed by atoms with Crippen molar-refractivity contribution in [3.8, 4) is 0 Å². The molecule has 2 aliphatic rings. The van der Waals surface area contributed by atoms with Crippen LogP contribution in [-0.2, 0) is 6.42 Å². The summed E-state index contributed by atoms with van der Waals surface area (Å²) < 4.78 is 1.92. The molecular weight excluding hydrogens is 450 g/mol. The molecule has 1 aromatic carbocycles. The zero-order chi connectivity index (χ0) is 24.3. The van der Waals surface area contributed by atoms with Crippen LogP contribution in [0, 0.1) is 0 Å². The smallest absolute Gasteiger partial charge is 0.256 e. The van der Waals surface area contributed by atoms with Crippen LogP contribution in [0.5, 0.6) is 0 Å². The SMILES string of the molecule is O=c1c(Cc2ccccc2)cc2cnc(Nc3ccc(N4CCNCC4)cn3)nc2n1C1CCCC1. The summed E-state index contributed by atoms with van der Waals surface area (Å²) in [5, 5.41) is 7.50. The van der Waals surface area contributed by atoms with Crippen molar-refractivity contribution in [2.45, 2.75) is 38.1 Å². The van der Waals surface area contributed by atoms with Crippen LogP contribution in [0.15, 0.2) is 65.7 Å². The monoisotopic (exact) mass is 481 g/mol. The molecule has 1 aliphatic carbocycles. The van der Waals surface area contributed by atoms with Gasteiger partial charge in [-0.05, 0) is 36.6 Å². The Morgan fingerprint density at radius 1 is 0.972 bits per heavy atom. The lowest BCUT2D eigenvalue weighted by Gasteiger charge is -2.29. The minimum atomic E-state index is 0.0569. The van der Waals surface area contributed by atoms with Gasteiger partial charge in [-0.25, -0.2) is 9.97 Å². The highest BCUT2D eigenvalue weighted by atomic mass is 16.1. The Hall–Kier alpha value is -3.78. The van der Waals surface area contributed by atoms with E-state index in [0.717, 1.165) is 74.1 Å². The number of anilines is 3. The van der Waals surface area contributed by atoms with E-state index in [-0.39, 0.29) is 11.6 Å². The maximum atomic E-state index is 13.7. The molecule has 8 nitrogen and oxygen atoms in total. The van der Waals surface area contributed by atoms with E-state index in [1.165, 1.54) is 0 Å². The molecule has 0 amide bonds. The minimum absolute atomic E-state index is 0.0569. The van der Waals surface area contributed by atoms with E-state index in [4.69, 9.17) is 4.98 Å². The second-order valence-corrected chi connectivity index (χ2v) is 9.68. The van der Waals surface area contributed by atoms with Crippen LogP contribution >= 0.6 is 0 Å². The fourth-order valence-corrected chi connectivity index (χ4v) is 5.37. The molecule has 0 atom stereocenters. The first kappa shape index (κ1) is 22.7. The average molecular weight is 482 g/mol. The molecule has 3 aromatic heterocycles. The number of benzene rings is 1. The fourth-order valence-electron chi connectivity index (χ4n) is 5.37. The van der Waals surface area contributed by atoms with Crippen molar-refractivity contribution in [1.29, 1.82) is 0 Å². The number of nitrogens with zero attached hydrogens (tertiary/aromatic N) is 5. The number of piperazine rings is 1. The molecule has 4 heterocycles. The van der Waals surface area contributed by atoms with Crippen LogP contribution in [0.25, 0.3) is 11.0 Å². The number of rotatable bonds is 6. The predicted molar refractivity (Wildman–Crippen MR) is 143 cm³/mol. The van der Waals surface area contributed by atoms with Gasteiger partial charge in [0.15, 0.2) is 0 Å². The lowest BCUT2D eigenvalue weighted by Crippen LogP contribution is -2.43. The highest BCUT2D eigenvalue weighted by Gasteiger charge is 2.23. The lowest BCUT2D eigenvalue weighted by atomic mass is 10.0. The standard InChI is InChI=1S/C28H31N7O/c36-27-21(16-20-6-2-1-3-7-20)17-22-18-31-28(33-26(22)35(27)23-8-4-5-9-23)32-25-11-10-24(19-30-25)34-14-12-29-13-15-34/h1-3,6-7,10-11,17-19,23,29H,4-5,8-9,12-16H2,(H,30,31,32,33). The molecular formula is C28H31N7O. The van der Waals surface area contributed by atoms with Gasteiger partial charge in [-0.15, -0.1) is 0 Å². The molecule has 0 radical (unpaired) electrons. The first-order valence-corrected chi connectivity index (χ1v) is 12.9. The van der Waals surface area contributed by atoms with Crippen LogP contribution in [-0.4, -0.2) is 45.7 Å². The third-order valence-electron chi connectivity index (χ3n) is 7.24. The molecule has 1 saturated carbocycles. The van der Waals surface area contributed by atoms with Crippen molar-refractivity contribution >= 4 is 28.5 Å². The van der Waals surface area contributed by atoms with Crippen molar-refractivity contribution < 1.29 is 0 Å². The topological polar surface area (TPSA) is 88.0 Å². The van der Waals surface area contributed by atoms with E-state index >= 15 is 0 Å². The molecule has 0 unspecified atom stereocenters. The Labute approximate surface area is 210 Å². The van der Waals surface area contributed by atoms with Gasteiger partial charge in [-0.3, -0.25) is 9.36 Å². The van der Waals surface area contributed by atoms with Crippen molar-refractivity contribution in [3.05, 3.63) is 82.4 Å². The first-order chi connectivity index (χ1) is 17.7. The van der Waals surface area contributed by atoms with Gasteiger partial charge in [0.05, 0.1) is 11.9 Å². The first-order valence-electron chi connectivity index (χ1n) is 12.9. The van der Waals surface area contributed by atoms with Crippen molar-refractivity contribution in [3.63, 3.8) is 0 Å². The van der Waals surface area contributed by atoms with Crippen LogP contribution in [0.1, 0.15) is 42.9 Å². The number of fused-ring (bicyclic) bond motifs is 1. The molecule has 2 N–H and O–H groups in total. The van der Waals surface area contributed by atoms with Gasteiger partial charge in [0.2, 0.25) is 5.95 Å². The van der Waals surface area contributed by atoms with Crippen LogP contribution in [0.3, 0.4) is 0 Å². The van der Waals surface area contributed by atoms with Crippen LogP contribution in [0.2, 0.25) is 0 Å². The van der Waals surface area contributed by atoms with Crippen molar-refractivity contribution in [2.24, 2.45) is 0 Å². The van der Waals surface area contributed by atoms with E-state index in [1.807, 2.05) is 47.3 Å². The Morgan fingerprint density at radius 3 is 2.53 bits per heavy atom. The molecule has 0 bridgehead atoms. The van der Waals surface area contributed by atoms with Crippen molar-refractivity contribution in [2.75, 3.05) is 36.4 Å². The highest BCUT2D eigenvalue weighted by molar-refractivity contribution is 5.77. The molecule has 184 valence electrons. The summed E-state index contributed by atoms with van der Waals surface area (Å²) >= 11 is 0. The van der Waals surface area contributed by atoms with Gasteiger partial charge in [0.25, 0.3) is 5.56 Å². The molecule has 36 heavy (non-hydrogen) atoms. The third kappa shape index (κ3) is 4.68. The zero-order valence-electron chi connectivity index (χ0n) is 20.4. The molecule has 2 fully saturated rings. The quantitative estimate of drug-likeness (QED) is 0.430. The van der Waals surface area contributed by atoms with Gasteiger partial charge < -0.3 is 15.5 Å². The summed E-state index contributed by atoms with van der Waals surface area (Å²) in [5.74, 6) is 1.13. The number of aromatic nitrogens is 4. The van der Waals surface area contributed by atoms with E-state index < -0.39 is 0 Å². The predicted octanol–water partition coefficient (Wildman–Crippen LogP) is 4.05. The average Bonchev–Trinajstić information content (AvgIpc) is 3.45. The second-order valence-electron chi connectivity index (χ2n) is 9.68.